The minimum atomic E-state index is -0.167. The fourth-order valence-electron chi connectivity index (χ4n) is 2.94. The lowest BCUT2D eigenvalue weighted by molar-refractivity contribution is 0.102. The van der Waals surface area contributed by atoms with Gasteiger partial charge in [0.15, 0.2) is 0 Å². The molecule has 4 nitrogen and oxygen atoms in total. The summed E-state index contributed by atoms with van der Waals surface area (Å²) in [5.74, 6) is 0.521. The quantitative estimate of drug-likeness (QED) is 0.424. The zero-order valence-electron chi connectivity index (χ0n) is 16.0. The molecule has 0 saturated carbocycles. The maximum atomic E-state index is 12.5. The molecule has 0 spiro atoms. The molecule has 144 valence electrons. The molecule has 0 atom stereocenters. The zero-order chi connectivity index (χ0) is 20.1. The number of ether oxygens (including phenoxy) is 1. The first kappa shape index (κ1) is 18.9. The largest absolute Gasteiger partial charge is 0.494 e. The van der Waals surface area contributed by atoms with Crippen molar-refractivity contribution in [2.45, 2.75) is 6.92 Å². The second kappa shape index (κ2) is 8.71. The number of amides is 1. The van der Waals surface area contributed by atoms with Crippen LogP contribution in [0.4, 0.5) is 5.69 Å². The van der Waals surface area contributed by atoms with Crippen LogP contribution in [-0.4, -0.2) is 17.5 Å². The number of benzene rings is 3. The Kier molecular flexibility index (Phi) is 5.68. The van der Waals surface area contributed by atoms with E-state index in [0.29, 0.717) is 17.9 Å². The number of hydrogen-bond donors (Lipinski definition) is 1. The highest BCUT2D eigenvalue weighted by Gasteiger charge is 2.09. The van der Waals surface area contributed by atoms with Crippen molar-refractivity contribution in [3.05, 3.63) is 89.8 Å². The summed E-state index contributed by atoms with van der Waals surface area (Å²) in [6, 6.07) is 25.0. The van der Waals surface area contributed by atoms with Crippen LogP contribution in [0.15, 0.2) is 84.2 Å². The van der Waals surface area contributed by atoms with Crippen LogP contribution in [0.2, 0.25) is 0 Å². The molecule has 1 N–H and O–H groups in total. The molecular formula is C24H20N2O2S. The predicted molar refractivity (Wildman–Crippen MR) is 119 cm³/mol. The number of nitrogens with one attached hydrogen (secondary N) is 1. The lowest BCUT2D eigenvalue weighted by atomic mass is 10.1. The Morgan fingerprint density at radius 3 is 2.52 bits per heavy atom. The summed E-state index contributed by atoms with van der Waals surface area (Å²) in [5.41, 5.74) is 4.35. The lowest BCUT2D eigenvalue weighted by Crippen LogP contribution is -2.11. The first-order valence-corrected chi connectivity index (χ1v) is 10.3. The maximum absolute atomic E-state index is 12.5. The molecule has 0 aliphatic rings. The molecule has 0 aliphatic heterocycles. The maximum Gasteiger partial charge on any atom is 0.255 e. The van der Waals surface area contributed by atoms with E-state index in [1.807, 2.05) is 61.5 Å². The molecule has 1 amide bonds. The zero-order valence-corrected chi connectivity index (χ0v) is 16.8. The third-order valence-corrected chi connectivity index (χ3v) is 5.26. The summed E-state index contributed by atoms with van der Waals surface area (Å²) in [6.45, 7) is 2.48. The van der Waals surface area contributed by atoms with Crippen molar-refractivity contribution in [2.24, 2.45) is 0 Å². The van der Waals surface area contributed by atoms with E-state index < -0.39 is 0 Å². The molecular weight excluding hydrogens is 380 g/mol. The van der Waals surface area contributed by atoms with Crippen molar-refractivity contribution in [3.8, 4) is 27.6 Å². The Bertz CT molecular complexity index is 1110. The van der Waals surface area contributed by atoms with E-state index in [0.717, 1.165) is 27.5 Å². The number of anilines is 1. The van der Waals surface area contributed by atoms with E-state index >= 15 is 0 Å². The van der Waals surface area contributed by atoms with Crippen LogP contribution >= 0.6 is 11.3 Å². The average molecular weight is 401 g/mol. The molecule has 0 bridgehead atoms. The molecule has 1 heterocycles. The normalized spacial score (nSPS) is 10.5. The molecule has 0 aliphatic carbocycles. The summed E-state index contributed by atoms with van der Waals surface area (Å²) in [5, 5.41) is 5.97. The number of rotatable bonds is 6. The van der Waals surface area contributed by atoms with Crippen LogP contribution < -0.4 is 10.1 Å². The van der Waals surface area contributed by atoms with Crippen LogP contribution in [0.1, 0.15) is 17.3 Å². The summed E-state index contributed by atoms with van der Waals surface area (Å²) in [6.07, 6.45) is 0. The number of hydrogen-bond acceptors (Lipinski definition) is 4. The second-order valence-electron chi connectivity index (χ2n) is 6.40. The highest BCUT2D eigenvalue weighted by Crippen LogP contribution is 2.29. The smallest absolute Gasteiger partial charge is 0.255 e. The standard InChI is InChI=1S/C24H20N2O2S/c1-2-28-21-10-6-9-19(15-21)23(27)25-20-13-11-17(12-14-20)22-16-29-24(26-22)18-7-4-3-5-8-18/h3-16H,2H2,1H3,(H,25,27). The van der Waals surface area contributed by atoms with Gasteiger partial charge in [0.2, 0.25) is 0 Å². The second-order valence-corrected chi connectivity index (χ2v) is 7.25. The minimum absolute atomic E-state index is 0.167. The van der Waals surface area contributed by atoms with Gasteiger partial charge in [-0.25, -0.2) is 4.98 Å². The van der Waals surface area contributed by atoms with Gasteiger partial charge in [-0.1, -0.05) is 48.5 Å². The average Bonchev–Trinajstić information content (AvgIpc) is 3.26. The van der Waals surface area contributed by atoms with Gasteiger partial charge in [-0.15, -0.1) is 11.3 Å². The van der Waals surface area contributed by atoms with Gasteiger partial charge in [-0.2, -0.15) is 0 Å². The van der Waals surface area contributed by atoms with Crippen LogP contribution in [0.25, 0.3) is 21.8 Å². The molecule has 0 fully saturated rings. The summed E-state index contributed by atoms with van der Waals surface area (Å²) < 4.78 is 5.46. The third kappa shape index (κ3) is 4.52. The number of carbonyl (C=O) groups is 1. The van der Waals surface area contributed by atoms with Crippen molar-refractivity contribution in [3.63, 3.8) is 0 Å². The van der Waals surface area contributed by atoms with Crippen molar-refractivity contribution >= 4 is 22.9 Å². The van der Waals surface area contributed by atoms with Gasteiger partial charge >= 0.3 is 0 Å². The van der Waals surface area contributed by atoms with Crippen LogP contribution in [-0.2, 0) is 0 Å². The first-order chi connectivity index (χ1) is 14.2. The van der Waals surface area contributed by atoms with E-state index in [1.54, 1.807) is 23.5 Å². The molecule has 29 heavy (non-hydrogen) atoms. The lowest BCUT2D eigenvalue weighted by Gasteiger charge is -2.08. The fourth-order valence-corrected chi connectivity index (χ4v) is 3.78. The molecule has 3 aromatic carbocycles. The summed E-state index contributed by atoms with van der Waals surface area (Å²) in [7, 11) is 0. The van der Waals surface area contributed by atoms with Crippen LogP contribution in [0.5, 0.6) is 5.75 Å². The summed E-state index contributed by atoms with van der Waals surface area (Å²) in [4.78, 5) is 17.2. The molecule has 0 radical (unpaired) electrons. The third-order valence-electron chi connectivity index (χ3n) is 4.37. The first-order valence-electron chi connectivity index (χ1n) is 9.38. The van der Waals surface area contributed by atoms with Crippen LogP contribution in [0.3, 0.4) is 0 Å². The van der Waals surface area contributed by atoms with E-state index in [9.17, 15) is 4.79 Å². The van der Waals surface area contributed by atoms with Crippen molar-refractivity contribution in [1.29, 1.82) is 0 Å². The Labute approximate surface area is 173 Å². The number of thiazole rings is 1. The molecule has 5 heteroatoms. The number of nitrogens with zero attached hydrogens (tertiary/aromatic N) is 1. The fraction of sp³-hybridized carbons (Fsp3) is 0.0833. The Morgan fingerprint density at radius 2 is 1.76 bits per heavy atom. The van der Waals surface area contributed by atoms with Gasteiger partial charge in [0, 0.05) is 27.8 Å². The van der Waals surface area contributed by atoms with E-state index in [-0.39, 0.29) is 5.91 Å². The highest BCUT2D eigenvalue weighted by atomic mass is 32.1. The topological polar surface area (TPSA) is 51.2 Å². The Balaban J connectivity index is 1.46. The Hall–Kier alpha value is -3.44. The van der Waals surface area contributed by atoms with Crippen molar-refractivity contribution < 1.29 is 9.53 Å². The van der Waals surface area contributed by atoms with E-state index in [1.165, 1.54) is 0 Å². The van der Waals surface area contributed by atoms with Gasteiger partial charge in [-0.3, -0.25) is 4.79 Å². The summed E-state index contributed by atoms with van der Waals surface area (Å²) >= 11 is 1.62. The highest BCUT2D eigenvalue weighted by molar-refractivity contribution is 7.13. The molecule has 4 aromatic rings. The van der Waals surface area contributed by atoms with Gasteiger partial charge in [0.25, 0.3) is 5.91 Å². The number of carbonyl (C=O) groups excluding carboxylic acids is 1. The van der Waals surface area contributed by atoms with Gasteiger partial charge in [0.1, 0.15) is 10.8 Å². The van der Waals surface area contributed by atoms with Gasteiger partial charge in [-0.05, 0) is 37.3 Å². The SMILES string of the molecule is CCOc1cccc(C(=O)Nc2ccc(-c3csc(-c4ccccc4)n3)cc2)c1. The minimum Gasteiger partial charge on any atom is -0.494 e. The Morgan fingerprint density at radius 1 is 0.966 bits per heavy atom. The van der Waals surface area contributed by atoms with Crippen molar-refractivity contribution in [2.75, 3.05) is 11.9 Å². The van der Waals surface area contributed by atoms with Gasteiger partial charge < -0.3 is 10.1 Å². The monoisotopic (exact) mass is 400 g/mol. The molecule has 0 saturated heterocycles. The van der Waals surface area contributed by atoms with Gasteiger partial charge in [0.05, 0.1) is 12.3 Å². The van der Waals surface area contributed by atoms with Crippen molar-refractivity contribution in [1.82, 2.24) is 4.98 Å². The molecule has 0 unspecified atom stereocenters. The number of aromatic nitrogens is 1. The molecule has 1 aromatic heterocycles. The van der Waals surface area contributed by atoms with E-state index in [2.05, 4.69) is 22.8 Å². The predicted octanol–water partition coefficient (Wildman–Crippen LogP) is 6.13. The van der Waals surface area contributed by atoms with Crippen LogP contribution in [0, 0.1) is 0 Å². The van der Waals surface area contributed by atoms with E-state index in [4.69, 9.17) is 9.72 Å². The molecule has 4 rings (SSSR count).